The summed E-state index contributed by atoms with van der Waals surface area (Å²) in [6.07, 6.45) is 0.0110. The molecule has 0 spiro atoms. The molecule has 0 aliphatic rings. The summed E-state index contributed by atoms with van der Waals surface area (Å²) in [5, 5.41) is 0.460. The van der Waals surface area contributed by atoms with Gasteiger partial charge in [0.05, 0.1) is 5.02 Å². The number of Topliss-reactive ketones (excluding diaryl/α,β-unsaturated/α-hetero) is 1. The van der Waals surface area contributed by atoms with Gasteiger partial charge in [-0.1, -0.05) is 39.7 Å². The van der Waals surface area contributed by atoms with Crippen molar-refractivity contribution in [3.05, 3.63) is 67.3 Å². The Balaban J connectivity index is 2.23. The van der Waals surface area contributed by atoms with Crippen LogP contribution in [0, 0.1) is 5.82 Å². The standard InChI is InChI=1S/C14H8Br2ClFO/c15-10-3-1-8(13(18)7-10)6-14(19)9-2-4-11(16)12(17)5-9/h1-5,7H,6H2. The number of carbonyl (C=O) groups excluding carboxylic acids is 1. The molecule has 0 saturated carbocycles. The molecule has 0 unspecified atom stereocenters. The molecular formula is C14H8Br2ClFO. The van der Waals surface area contributed by atoms with Crippen LogP contribution in [0.15, 0.2) is 45.3 Å². The van der Waals surface area contributed by atoms with Crippen LogP contribution in [-0.2, 0) is 6.42 Å². The first-order valence-corrected chi connectivity index (χ1v) is 7.36. The Morgan fingerprint density at radius 1 is 1.16 bits per heavy atom. The first-order valence-electron chi connectivity index (χ1n) is 5.39. The van der Waals surface area contributed by atoms with E-state index in [2.05, 4.69) is 31.9 Å². The third kappa shape index (κ3) is 3.65. The molecule has 0 radical (unpaired) electrons. The Hall–Kier alpha value is -0.710. The van der Waals surface area contributed by atoms with Crippen molar-refractivity contribution in [2.24, 2.45) is 0 Å². The molecule has 0 N–H and O–H groups in total. The lowest BCUT2D eigenvalue weighted by Gasteiger charge is -2.05. The molecule has 98 valence electrons. The molecule has 5 heteroatoms. The van der Waals surface area contributed by atoms with E-state index < -0.39 is 5.82 Å². The number of benzene rings is 2. The molecule has 19 heavy (non-hydrogen) atoms. The largest absolute Gasteiger partial charge is 0.294 e. The number of hydrogen-bond acceptors (Lipinski definition) is 1. The molecule has 2 rings (SSSR count). The van der Waals surface area contributed by atoms with Crippen LogP contribution in [0.5, 0.6) is 0 Å². The third-order valence-corrected chi connectivity index (χ3v) is 4.33. The molecule has 1 nitrogen and oxygen atoms in total. The maximum atomic E-state index is 13.7. The zero-order valence-corrected chi connectivity index (χ0v) is 13.5. The lowest BCUT2D eigenvalue weighted by molar-refractivity contribution is 0.0992. The van der Waals surface area contributed by atoms with Gasteiger partial charge < -0.3 is 0 Å². The van der Waals surface area contributed by atoms with E-state index in [0.29, 0.717) is 20.6 Å². The topological polar surface area (TPSA) is 17.1 Å². The quantitative estimate of drug-likeness (QED) is 0.621. The van der Waals surface area contributed by atoms with Crippen LogP contribution in [0.3, 0.4) is 0 Å². The van der Waals surface area contributed by atoms with Crippen LogP contribution >= 0.6 is 43.5 Å². The van der Waals surface area contributed by atoms with Crippen LogP contribution in [-0.4, -0.2) is 5.78 Å². The Bertz CT molecular complexity index is 643. The number of hydrogen-bond donors (Lipinski definition) is 0. The van der Waals surface area contributed by atoms with E-state index in [1.54, 1.807) is 30.3 Å². The Kier molecular flexibility index (Phi) is 4.76. The van der Waals surface area contributed by atoms with Crippen molar-refractivity contribution in [1.82, 2.24) is 0 Å². The number of rotatable bonds is 3. The highest BCUT2D eigenvalue weighted by Crippen LogP contribution is 2.24. The van der Waals surface area contributed by atoms with Crippen LogP contribution < -0.4 is 0 Å². The molecule has 0 saturated heterocycles. The van der Waals surface area contributed by atoms with Crippen molar-refractivity contribution in [3.63, 3.8) is 0 Å². The first-order chi connectivity index (χ1) is 8.97. The van der Waals surface area contributed by atoms with Gasteiger partial charge in [0.25, 0.3) is 0 Å². The average molecular weight is 406 g/mol. The van der Waals surface area contributed by atoms with Gasteiger partial charge in [-0.25, -0.2) is 4.39 Å². The molecule has 0 fully saturated rings. The lowest BCUT2D eigenvalue weighted by atomic mass is 10.0. The Labute approximate surface area is 132 Å². The number of halogens is 4. The second-order valence-electron chi connectivity index (χ2n) is 3.96. The second-order valence-corrected chi connectivity index (χ2v) is 6.14. The van der Waals surface area contributed by atoms with E-state index in [4.69, 9.17) is 11.6 Å². The highest BCUT2D eigenvalue weighted by Gasteiger charge is 2.12. The van der Waals surface area contributed by atoms with Crippen molar-refractivity contribution in [3.8, 4) is 0 Å². The molecule has 0 heterocycles. The first kappa shape index (κ1) is 14.7. The number of ketones is 1. The number of carbonyl (C=O) groups is 1. The van der Waals surface area contributed by atoms with E-state index in [1.807, 2.05) is 0 Å². The van der Waals surface area contributed by atoms with E-state index in [0.717, 1.165) is 4.47 Å². The summed E-state index contributed by atoms with van der Waals surface area (Å²) in [5.41, 5.74) is 0.836. The van der Waals surface area contributed by atoms with Crippen LogP contribution in [0.2, 0.25) is 5.02 Å². The van der Waals surface area contributed by atoms with Gasteiger partial charge in [-0.15, -0.1) is 0 Å². The Morgan fingerprint density at radius 2 is 1.89 bits per heavy atom. The van der Waals surface area contributed by atoms with Gasteiger partial charge in [-0.3, -0.25) is 4.79 Å². The maximum Gasteiger partial charge on any atom is 0.167 e. The fraction of sp³-hybridized carbons (Fsp3) is 0.0714. The highest BCUT2D eigenvalue weighted by atomic mass is 79.9. The van der Waals surface area contributed by atoms with E-state index in [9.17, 15) is 9.18 Å². The molecule has 0 amide bonds. The molecule has 0 aliphatic carbocycles. The summed E-state index contributed by atoms with van der Waals surface area (Å²) >= 11 is 12.4. The maximum absolute atomic E-state index is 13.7. The minimum Gasteiger partial charge on any atom is -0.294 e. The van der Waals surface area contributed by atoms with Crippen molar-refractivity contribution in [1.29, 1.82) is 0 Å². The lowest BCUT2D eigenvalue weighted by Crippen LogP contribution is -2.05. The molecule has 2 aromatic carbocycles. The summed E-state index contributed by atoms with van der Waals surface area (Å²) in [5.74, 6) is -0.568. The van der Waals surface area contributed by atoms with Crippen LogP contribution in [0.1, 0.15) is 15.9 Å². The zero-order valence-electron chi connectivity index (χ0n) is 9.59. The van der Waals surface area contributed by atoms with E-state index in [1.165, 1.54) is 6.07 Å². The molecule has 0 aliphatic heterocycles. The molecule has 0 atom stereocenters. The smallest absolute Gasteiger partial charge is 0.167 e. The summed E-state index contributed by atoms with van der Waals surface area (Å²) < 4.78 is 15.0. The predicted molar refractivity (Wildman–Crippen MR) is 81.3 cm³/mol. The van der Waals surface area contributed by atoms with Gasteiger partial charge in [0.1, 0.15) is 5.82 Å². The summed E-state index contributed by atoms with van der Waals surface area (Å²) in [7, 11) is 0. The zero-order chi connectivity index (χ0) is 14.0. The summed E-state index contributed by atoms with van der Waals surface area (Å²) in [6.45, 7) is 0. The van der Waals surface area contributed by atoms with Gasteiger partial charge in [-0.2, -0.15) is 0 Å². The minimum atomic E-state index is -0.397. The van der Waals surface area contributed by atoms with Gasteiger partial charge in [0.15, 0.2) is 5.78 Å². The normalized spacial score (nSPS) is 10.5. The Morgan fingerprint density at radius 3 is 2.53 bits per heavy atom. The molecular weight excluding hydrogens is 398 g/mol. The van der Waals surface area contributed by atoms with Gasteiger partial charge in [-0.05, 0) is 45.8 Å². The van der Waals surface area contributed by atoms with Crippen LogP contribution in [0.25, 0.3) is 0 Å². The van der Waals surface area contributed by atoms with Crippen molar-refractivity contribution < 1.29 is 9.18 Å². The van der Waals surface area contributed by atoms with Crippen LogP contribution in [0.4, 0.5) is 4.39 Å². The monoisotopic (exact) mass is 404 g/mol. The second kappa shape index (κ2) is 6.16. The average Bonchev–Trinajstić information content (AvgIpc) is 2.36. The molecule has 2 aromatic rings. The highest BCUT2D eigenvalue weighted by molar-refractivity contribution is 9.10. The van der Waals surface area contributed by atoms with Gasteiger partial charge in [0, 0.05) is 20.9 Å². The summed E-state index contributed by atoms with van der Waals surface area (Å²) in [6, 6.07) is 9.59. The fourth-order valence-corrected chi connectivity index (χ4v) is 2.37. The van der Waals surface area contributed by atoms with E-state index >= 15 is 0 Å². The fourth-order valence-electron chi connectivity index (χ4n) is 1.61. The minimum absolute atomic E-state index is 0.0110. The predicted octanol–water partition coefficient (Wildman–Crippen LogP) is 5.43. The van der Waals surface area contributed by atoms with Crippen molar-refractivity contribution in [2.45, 2.75) is 6.42 Å². The van der Waals surface area contributed by atoms with Gasteiger partial charge in [0.2, 0.25) is 0 Å². The van der Waals surface area contributed by atoms with Crippen molar-refractivity contribution in [2.75, 3.05) is 0 Å². The molecule has 0 bridgehead atoms. The van der Waals surface area contributed by atoms with E-state index in [-0.39, 0.29) is 12.2 Å². The SMILES string of the molecule is O=C(Cc1ccc(Br)cc1F)c1ccc(Br)c(Cl)c1. The molecule has 0 aromatic heterocycles. The van der Waals surface area contributed by atoms with Crippen molar-refractivity contribution >= 4 is 49.2 Å². The third-order valence-electron chi connectivity index (χ3n) is 2.61. The van der Waals surface area contributed by atoms with Gasteiger partial charge >= 0.3 is 0 Å². The summed E-state index contributed by atoms with van der Waals surface area (Å²) in [4.78, 5) is 12.1.